The van der Waals surface area contributed by atoms with Gasteiger partial charge in [0.15, 0.2) is 0 Å². The Morgan fingerprint density at radius 2 is 0.982 bits per heavy atom. The monoisotopic (exact) mass is 1640 g/mol. The molecule has 7 N–H and O–H groups in total. The number of methoxy groups -OCH3 is 2. The van der Waals surface area contributed by atoms with Crippen LogP contribution in [0, 0.1) is 22.7 Å². The van der Waals surface area contributed by atoms with E-state index in [0.29, 0.717) is 94.0 Å². The van der Waals surface area contributed by atoms with Gasteiger partial charge in [0.25, 0.3) is 11.8 Å². The van der Waals surface area contributed by atoms with Gasteiger partial charge in [-0.25, -0.2) is 47.0 Å². The summed E-state index contributed by atoms with van der Waals surface area (Å²) in [5.41, 5.74) is -6.91. The molecule has 4 saturated carbocycles. The number of ether oxygens (including phenoxy) is 9. The summed E-state index contributed by atoms with van der Waals surface area (Å²) in [4.78, 5) is 130. The molecule has 6 heterocycles. The van der Waals surface area contributed by atoms with Crippen molar-refractivity contribution in [1.82, 2.24) is 50.5 Å². The molecule has 8 aliphatic rings. The number of carboxylic acids is 1. The third-order valence-electron chi connectivity index (χ3n) is 21.2. The Labute approximate surface area is 663 Å². The molecule has 0 radical (unpaired) electrons. The van der Waals surface area contributed by atoms with E-state index in [2.05, 4.69) is 31.2 Å². The van der Waals surface area contributed by atoms with E-state index in [1.165, 1.54) is 9.80 Å². The molecular weight excluding hydrogens is 1530 g/mol. The van der Waals surface area contributed by atoms with Crippen molar-refractivity contribution < 1.29 is 116 Å². The maximum atomic E-state index is 14.5. The smallest absolute Gasteiger partial charge is 0.411 e. The van der Waals surface area contributed by atoms with Gasteiger partial charge < -0.3 is 73.9 Å². The lowest BCUT2D eigenvalue weighted by molar-refractivity contribution is -0.143. The van der Waals surface area contributed by atoms with Crippen molar-refractivity contribution in [2.75, 3.05) is 53.7 Å². The maximum Gasteiger partial charge on any atom is 0.411 e. The molecule has 12 rings (SSSR count). The van der Waals surface area contributed by atoms with Crippen LogP contribution in [-0.2, 0) is 81.4 Å². The first kappa shape index (κ1) is 87.2. The Bertz CT molecular complexity index is 4490. The molecule has 4 aliphatic carbocycles. The number of amides is 8. The van der Waals surface area contributed by atoms with Gasteiger partial charge in [-0.3, -0.25) is 28.9 Å². The zero-order chi connectivity index (χ0) is 83.5. The van der Waals surface area contributed by atoms with Gasteiger partial charge in [-0.1, -0.05) is 68.2 Å². The average molecular weight is 1640 g/mol. The van der Waals surface area contributed by atoms with Crippen molar-refractivity contribution in [2.45, 2.75) is 244 Å². The van der Waals surface area contributed by atoms with Crippen LogP contribution in [0.25, 0.3) is 21.5 Å². The number of carboxylic acid groups (broad SMARTS) is 1. The van der Waals surface area contributed by atoms with Gasteiger partial charge in [-0.15, -0.1) is 0 Å². The molecule has 2 aromatic carbocycles. The van der Waals surface area contributed by atoms with Crippen molar-refractivity contribution in [1.29, 1.82) is 0 Å². The van der Waals surface area contributed by atoms with Crippen LogP contribution in [0.5, 0.6) is 23.3 Å². The van der Waals surface area contributed by atoms with Gasteiger partial charge in [0.2, 0.25) is 29.5 Å². The minimum atomic E-state index is -4.45. The van der Waals surface area contributed by atoms with Gasteiger partial charge in [-0.2, -0.15) is 16.8 Å². The van der Waals surface area contributed by atoms with Crippen molar-refractivity contribution >= 4 is 95.9 Å². The molecule has 628 valence electrons. The number of fused-ring (bicyclic) bond motifs is 2. The summed E-state index contributed by atoms with van der Waals surface area (Å²) < 4.78 is 115. The Hall–Kier alpha value is -9.17. The normalized spacial score (nSPS) is 25.6. The number of benzene rings is 2. The largest absolute Gasteiger partial charge is 0.497 e. The number of aliphatic carboxylic acids is 1. The predicted octanol–water partition coefficient (Wildman–Crippen LogP) is 6.95. The maximum absolute atomic E-state index is 14.5. The summed E-state index contributed by atoms with van der Waals surface area (Å²) >= 11 is 0. The molecule has 114 heavy (non-hydrogen) atoms. The van der Waals surface area contributed by atoms with Crippen LogP contribution >= 0.6 is 0 Å². The van der Waals surface area contributed by atoms with Gasteiger partial charge in [-0.05, 0) is 155 Å². The predicted molar refractivity (Wildman–Crippen MR) is 409 cm³/mol. The van der Waals surface area contributed by atoms with E-state index in [-0.39, 0.29) is 69.2 Å². The second-order valence-corrected chi connectivity index (χ2v) is 36.5. The summed E-state index contributed by atoms with van der Waals surface area (Å²) in [6.45, 7) is 24.3. The van der Waals surface area contributed by atoms with Crippen LogP contribution in [0.4, 0.5) is 14.4 Å². The van der Waals surface area contributed by atoms with E-state index in [1.54, 1.807) is 121 Å². The standard InChI is InChI=1S/C36H49N5O11S.C30H40N4O9S.C11H19NO5/c1-7-22-18-36(22,32(44)40-53(46,47)52-35(5)12-13-35)39-29(42)27-17-25(50-30-26-9-8-23(48-6)16-21(26)10-14-37-30)19-41(27)31(43)28(34(2,3)4)38-33(45)51-24-11-15-49-20-24;1-7-19-16-30(19,26(36)33-44(38,39)43-29(5)11-12-29)32-24(35)23-15-21(17-34(23)27(37)42-28(2,3)4)41-25-22-9-8-20(40-6)14-18(22)10-13-31-25;1-11(2,3)8(9(13)14)12-10(15)17-7-4-5-16-6-7/h8-10,14,16,22,24-25,27-28H,7,11-13,15,17-20H2,1-6H3,(H,38,45)(H,39,42)(H,40,44);8-10,13-14,19,21,23H,7,11-12,15-17H2,1-6H3,(H,32,35)(H,33,36);7-8H,4-6H2,1-3H3,(H,12,15)(H,13,14)/t22-,24+,25-,27+,28-,36-;19-,21-,23+,30-;7-,8+/m110/s1. The fourth-order valence-electron chi connectivity index (χ4n) is 14.1. The molecule has 0 bridgehead atoms. The summed E-state index contributed by atoms with van der Waals surface area (Å²) in [6, 6.07) is 10.2. The molecular formula is C77H108N10O25S2. The lowest BCUT2D eigenvalue weighted by Crippen LogP contribution is -2.60. The molecule has 2 aromatic heterocycles. The van der Waals surface area contributed by atoms with Gasteiger partial charge >= 0.3 is 44.9 Å². The summed E-state index contributed by atoms with van der Waals surface area (Å²) in [5, 5.41) is 22.8. The van der Waals surface area contributed by atoms with Crippen LogP contribution in [0.2, 0.25) is 0 Å². The zero-order valence-electron chi connectivity index (χ0n) is 67.1. The topological polar surface area (TPSA) is 448 Å². The number of hydrogen-bond donors (Lipinski definition) is 7. The SMILES string of the molecule is CC(C)(C)[C@H](NC(=O)O[C@H]1CCOC1)C(=O)O.CC[C@@H]1C[C@]1(NC(=O)[C@@H]1C[C@@H](Oc2nccc3cc(OC)ccc23)CN1C(=O)OC(C)(C)C)C(=O)NS(=O)(=O)OC1(C)CC1.CC[C@@H]1C[C@]1(NC(=O)[C@@H]1C[C@@H](Oc2nccc3cc(OC)ccc23)CN1C(=O)[C@@H](NC(=O)O[C@H]1CCOC1)C(C)(C)C)C(=O)NS(=O)(=O)OC1(C)CC1. The average Bonchev–Trinajstić information content (AvgIpc) is 1.58. The number of alkyl carbamates (subject to hydrolysis) is 2. The number of nitrogens with one attached hydrogen (secondary N) is 6. The minimum absolute atomic E-state index is 0.0147. The number of carbonyl (C=O) groups is 9. The second-order valence-electron chi connectivity index (χ2n) is 33.9. The molecule has 4 saturated heterocycles. The number of likely N-dealkylation sites (tertiary alicyclic amines) is 2. The first-order chi connectivity index (χ1) is 53.3. The molecule has 35 nitrogen and oxygen atoms in total. The Morgan fingerprint density at radius 1 is 0.579 bits per heavy atom. The van der Waals surface area contributed by atoms with Gasteiger partial charge in [0, 0.05) is 48.8 Å². The molecule has 4 aliphatic heterocycles. The van der Waals surface area contributed by atoms with Crippen LogP contribution in [0.1, 0.15) is 167 Å². The van der Waals surface area contributed by atoms with E-state index >= 15 is 0 Å². The number of pyridine rings is 2. The number of hydrogen-bond acceptors (Lipinski definition) is 26. The van der Waals surface area contributed by atoms with Crippen LogP contribution < -0.4 is 49.7 Å². The first-order valence-corrected chi connectivity index (χ1v) is 41.2. The number of nitrogens with zero attached hydrogens (tertiary/aromatic N) is 4. The highest BCUT2D eigenvalue weighted by Gasteiger charge is 2.64. The van der Waals surface area contributed by atoms with E-state index < -0.39 is 156 Å². The van der Waals surface area contributed by atoms with Crippen molar-refractivity contribution in [3.8, 4) is 23.3 Å². The molecule has 37 heteroatoms. The fraction of sp³-hybridized carbons (Fsp3) is 0.649. The quantitative estimate of drug-likeness (QED) is 0.0312. The summed E-state index contributed by atoms with van der Waals surface area (Å²) in [6.07, 6.45) is 3.84. The van der Waals surface area contributed by atoms with Crippen molar-refractivity contribution in [3.05, 3.63) is 60.9 Å². The van der Waals surface area contributed by atoms with Crippen LogP contribution in [0.3, 0.4) is 0 Å². The fourth-order valence-corrected chi connectivity index (χ4v) is 16.3. The number of rotatable bonds is 26. The third kappa shape index (κ3) is 22.1. The lowest BCUT2D eigenvalue weighted by atomic mass is 9.85. The van der Waals surface area contributed by atoms with E-state index in [0.717, 1.165) is 16.2 Å². The lowest BCUT2D eigenvalue weighted by Gasteiger charge is -2.35. The van der Waals surface area contributed by atoms with Crippen molar-refractivity contribution in [2.24, 2.45) is 22.7 Å². The van der Waals surface area contributed by atoms with Crippen LogP contribution in [0.15, 0.2) is 60.9 Å². The summed E-state index contributed by atoms with van der Waals surface area (Å²) in [5.74, 6) is -3.40. The molecule has 0 unspecified atom stereocenters. The van der Waals surface area contributed by atoms with E-state index in [1.807, 2.05) is 53.6 Å². The Morgan fingerprint density at radius 3 is 1.33 bits per heavy atom. The molecule has 12 atom stereocenters. The third-order valence-corrected chi connectivity index (χ3v) is 23.3. The van der Waals surface area contributed by atoms with Gasteiger partial charge in [0.1, 0.15) is 76.8 Å². The second kappa shape index (κ2) is 34.3. The molecule has 8 fully saturated rings. The van der Waals surface area contributed by atoms with Crippen molar-refractivity contribution in [3.63, 3.8) is 0 Å². The first-order valence-electron chi connectivity index (χ1n) is 38.3. The minimum Gasteiger partial charge on any atom is -0.497 e. The van der Waals surface area contributed by atoms with E-state index in [4.69, 9.17) is 56.1 Å². The molecule has 0 spiro atoms. The Kier molecular flexibility index (Phi) is 26.3. The van der Waals surface area contributed by atoms with Gasteiger partial charge in [0.05, 0.1) is 64.9 Å². The zero-order valence-corrected chi connectivity index (χ0v) is 68.8. The highest BCUT2D eigenvalue weighted by molar-refractivity contribution is 7.85. The summed E-state index contributed by atoms with van der Waals surface area (Å²) in [7, 11) is -5.70. The Balaban J connectivity index is 0.000000203. The highest BCUT2D eigenvalue weighted by atomic mass is 32.2. The number of carbonyl (C=O) groups excluding carboxylic acids is 8. The number of aromatic nitrogens is 2. The highest BCUT2D eigenvalue weighted by Crippen LogP contribution is 2.49. The van der Waals surface area contributed by atoms with E-state index in [9.17, 15) is 60.0 Å². The molecule has 4 aromatic rings. The molecule has 8 amide bonds. The van der Waals surface area contributed by atoms with Crippen LogP contribution in [-0.4, -0.2) is 226 Å².